The van der Waals surface area contributed by atoms with Crippen LogP contribution in [-0.4, -0.2) is 30.3 Å². The van der Waals surface area contributed by atoms with Gasteiger partial charge in [0.2, 0.25) is 0 Å². The first-order valence-corrected chi connectivity index (χ1v) is 7.14. The van der Waals surface area contributed by atoms with Crippen LogP contribution >= 0.6 is 0 Å². The fourth-order valence-corrected chi connectivity index (χ4v) is 2.28. The van der Waals surface area contributed by atoms with Crippen molar-refractivity contribution in [1.29, 1.82) is 0 Å². The summed E-state index contributed by atoms with van der Waals surface area (Å²) in [5, 5.41) is 9.55. The highest BCUT2D eigenvalue weighted by molar-refractivity contribution is 5.86. The maximum absolute atomic E-state index is 12.0. The van der Waals surface area contributed by atoms with Crippen molar-refractivity contribution in [2.75, 3.05) is 7.11 Å². The summed E-state index contributed by atoms with van der Waals surface area (Å²) < 4.78 is 10.3. The molecule has 0 radical (unpaired) electrons. The molecule has 0 fully saturated rings. The Kier molecular flexibility index (Phi) is 5.88. The van der Waals surface area contributed by atoms with Gasteiger partial charge in [-0.3, -0.25) is 4.79 Å². The molecule has 0 aliphatic carbocycles. The zero-order valence-electron chi connectivity index (χ0n) is 12.7. The van der Waals surface area contributed by atoms with Crippen LogP contribution in [0.3, 0.4) is 0 Å². The Morgan fingerprint density at radius 3 is 2.09 bits per heavy atom. The van der Waals surface area contributed by atoms with E-state index >= 15 is 0 Å². The molecular weight excluding hydrogens is 296 g/mol. The summed E-state index contributed by atoms with van der Waals surface area (Å²) in [6.45, 7) is 0.122. The number of hydrogen-bond donors (Lipinski definition) is 1. The maximum Gasteiger partial charge on any atom is 0.336 e. The van der Waals surface area contributed by atoms with E-state index < -0.39 is 24.0 Å². The smallest absolute Gasteiger partial charge is 0.336 e. The number of methoxy groups -OCH3 is 1. The summed E-state index contributed by atoms with van der Waals surface area (Å²) in [7, 11) is 1.21. The molecule has 0 spiro atoms. The van der Waals surface area contributed by atoms with E-state index in [2.05, 4.69) is 0 Å². The molecule has 2 aromatic carbocycles. The second kappa shape index (κ2) is 8.10. The second-order valence-corrected chi connectivity index (χ2v) is 4.97. The molecule has 1 N–H and O–H groups in total. The molecule has 23 heavy (non-hydrogen) atoms. The molecule has 0 saturated carbocycles. The first-order chi connectivity index (χ1) is 11.1. The zero-order valence-corrected chi connectivity index (χ0v) is 12.7. The molecule has 5 nitrogen and oxygen atoms in total. The van der Waals surface area contributed by atoms with Crippen molar-refractivity contribution in [3.05, 3.63) is 71.8 Å². The number of carbonyl (C=O) groups is 2. The van der Waals surface area contributed by atoms with Gasteiger partial charge in [-0.1, -0.05) is 60.7 Å². The van der Waals surface area contributed by atoms with E-state index in [1.807, 2.05) is 30.3 Å². The molecule has 0 amide bonds. The van der Waals surface area contributed by atoms with Gasteiger partial charge in [0.1, 0.15) is 5.92 Å². The van der Waals surface area contributed by atoms with Crippen molar-refractivity contribution in [1.82, 2.24) is 0 Å². The maximum atomic E-state index is 12.0. The largest absolute Gasteiger partial charge is 0.481 e. The van der Waals surface area contributed by atoms with E-state index in [1.54, 1.807) is 30.3 Å². The summed E-state index contributed by atoms with van der Waals surface area (Å²) in [5.74, 6) is -2.98. The molecule has 0 saturated heterocycles. The summed E-state index contributed by atoms with van der Waals surface area (Å²) in [6, 6.07) is 17.8. The quantitative estimate of drug-likeness (QED) is 0.795. The van der Waals surface area contributed by atoms with Gasteiger partial charge in [-0.05, 0) is 11.1 Å². The van der Waals surface area contributed by atoms with E-state index in [9.17, 15) is 14.7 Å². The van der Waals surface area contributed by atoms with E-state index in [0.717, 1.165) is 5.56 Å². The van der Waals surface area contributed by atoms with Crippen LogP contribution in [0.1, 0.15) is 17.0 Å². The summed E-state index contributed by atoms with van der Waals surface area (Å²) in [4.78, 5) is 23.7. The zero-order chi connectivity index (χ0) is 16.7. The van der Waals surface area contributed by atoms with Crippen LogP contribution in [0.15, 0.2) is 60.7 Å². The molecule has 0 aliphatic heterocycles. The van der Waals surface area contributed by atoms with Gasteiger partial charge in [0.25, 0.3) is 0 Å². The van der Waals surface area contributed by atoms with Crippen molar-refractivity contribution in [2.24, 2.45) is 0 Å². The minimum atomic E-state index is -1.22. The molecule has 0 heterocycles. The lowest BCUT2D eigenvalue weighted by atomic mass is 9.93. The van der Waals surface area contributed by atoms with E-state index in [1.165, 1.54) is 7.11 Å². The highest BCUT2D eigenvalue weighted by Gasteiger charge is 2.36. The van der Waals surface area contributed by atoms with Gasteiger partial charge >= 0.3 is 11.9 Å². The van der Waals surface area contributed by atoms with Crippen molar-refractivity contribution in [3.8, 4) is 0 Å². The van der Waals surface area contributed by atoms with Crippen LogP contribution in [0.5, 0.6) is 0 Å². The fraction of sp³-hybridized carbons (Fsp3) is 0.222. The van der Waals surface area contributed by atoms with Gasteiger partial charge in [0, 0.05) is 0 Å². The third-order valence-corrected chi connectivity index (χ3v) is 3.43. The number of esters is 1. The highest BCUT2D eigenvalue weighted by Crippen LogP contribution is 2.24. The molecule has 0 unspecified atom stereocenters. The SMILES string of the molecule is COC(=O)[C@@H](OCc1ccccc1)[C@H](C(=O)O)c1ccccc1. The minimum absolute atomic E-state index is 0.122. The van der Waals surface area contributed by atoms with Gasteiger partial charge in [-0.25, -0.2) is 4.79 Å². The first kappa shape index (κ1) is 16.7. The van der Waals surface area contributed by atoms with Crippen molar-refractivity contribution >= 4 is 11.9 Å². The Labute approximate surface area is 134 Å². The Morgan fingerprint density at radius 1 is 1.00 bits per heavy atom. The predicted octanol–water partition coefficient (Wildman–Crippen LogP) is 2.61. The average molecular weight is 314 g/mol. The van der Waals surface area contributed by atoms with Gasteiger partial charge in [-0.2, -0.15) is 0 Å². The van der Waals surface area contributed by atoms with Crippen molar-refractivity contribution < 1.29 is 24.2 Å². The standard InChI is InChI=1S/C18H18O5/c1-22-18(21)16(23-12-13-8-4-2-5-9-13)15(17(19)20)14-10-6-3-7-11-14/h2-11,15-16H,12H2,1H3,(H,19,20)/t15-,16+/m1/s1. The van der Waals surface area contributed by atoms with Crippen LogP contribution in [0.2, 0.25) is 0 Å². The van der Waals surface area contributed by atoms with Crippen LogP contribution in [-0.2, 0) is 25.7 Å². The number of carboxylic acid groups (broad SMARTS) is 1. The summed E-state index contributed by atoms with van der Waals surface area (Å²) in [6.07, 6.45) is -1.22. The summed E-state index contributed by atoms with van der Waals surface area (Å²) in [5.41, 5.74) is 1.34. The number of benzene rings is 2. The Morgan fingerprint density at radius 2 is 1.57 bits per heavy atom. The first-order valence-electron chi connectivity index (χ1n) is 7.14. The lowest BCUT2D eigenvalue weighted by molar-refractivity contribution is -0.163. The second-order valence-electron chi connectivity index (χ2n) is 4.97. The lowest BCUT2D eigenvalue weighted by Crippen LogP contribution is -2.36. The molecule has 0 aliphatic rings. The van der Waals surface area contributed by atoms with Crippen LogP contribution in [0.25, 0.3) is 0 Å². The molecule has 5 heteroatoms. The van der Waals surface area contributed by atoms with Gasteiger partial charge < -0.3 is 14.6 Å². The Hall–Kier alpha value is -2.66. The normalized spacial score (nSPS) is 13.1. The third-order valence-electron chi connectivity index (χ3n) is 3.43. The molecule has 2 rings (SSSR count). The van der Waals surface area contributed by atoms with Crippen LogP contribution in [0, 0.1) is 0 Å². The monoisotopic (exact) mass is 314 g/mol. The highest BCUT2D eigenvalue weighted by atomic mass is 16.6. The van der Waals surface area contributed by atoms with Crippen LogP contribution < -0.4 is 0 Å². The molecule has 0 aromatic heterocycles. The predicted molar refractivity (Wildman–Crippen MR) is 83.9 cm³/mol. The van der Waals surface area contributed by atoms with Gasteiger partial charge in [0.05, 0.1) is 13.7 Å². The Balaban J connectivity index is 2.24. The number of rotatable bonds is 7. The van der Waals surface area contributed by atoms with Crippen molar-refractivity contribution in [2.45, 2.75) is 18.6 Å². The minimum Gasteiger partial charge on any atom is -0.481 e. The molecule has 2 aromatic rings. The van der Waals surface area contributed by atoms with Gasteiger partial charge in [-0.15, -0.1) is 0 Å². The van der Waals surface area contributed by atoms with Gasteiger partial charge in [0.15, 0.2) is 6.10 Å². The fourth-order valence-electron chi connectivity index (χ4n) is 2.28. The topological polar surface area (TPSA) is 72.8 Å². The van der Waals surface area contributed by atoms with Crippen molar-refractivity contribution in [3.63, 3.8) is 0 Å². The van der Waals surface area contributed by atoms with E-state index in [0.29, 0.717) is 5.56 Å². The van der Waals surface area contributed by atoms with E-state index in [4.69, 9.17) is 9.47 Å². The molecule has 0 bridgehead atoms. The number of hydrogen-bond acceptors (Lipinski definition) is 4. The lowest BCUT2D eigenvalue weighted by Gasteiger charge is -2.22. The molecule has 120 valence electrons. The average Bonchev–Trinajstić information content (AvgIpc) is 2.59. The third kappa shape index (κ3) is 4.40. The molecular formula is C18H18O5. The number of aliphatic carboxylic acids is 1. The number of carbonyl (C=O) groups excluding carboxylic acids is 1. The summed E-state index contributed by atoms with van der Waals surface area (Å²) >= 11 is 0. The van der Waals surface area contributed by atoms with E-state index in [-0.39, 0.29) is 6.61 Å². The number of ether oxygens (including phenoxy) is 2. The number of carboxylic acids is 1. The van der Waals surface area contributed by atoms with Crippen LogP contribution in [0.4, 0.5) is 0 Å². The molecule has 2 atom stereocenters. The Bertz CT molecular complexity index is 639.